The smallest absolute Gasteiger partial charge is 0.0991 e. The zero-order valence-electron chi connectivity index (χ0n) is 15.5. The van der Waals surface area contributed by atoms with Gasteiger partial charge in [-0.2, -0.15) is 5.26 Å². The lowest BCUT2D eigenvalue weighted by atomic mass is 10.1. The Morgan fingerprint density at radius 1 is 1.12 bits per heavy atom. The van der Waals surface area contributed by atoms with Crippen LogP contribution in [-0.2, 0) is 6.42 Å². The van der Waals surface area contributed by atoms with Crippen molar-refractivity contribution in [2.75, 3.05) is 6.54 Å². The Labute approximate surface area is 156 Å². The molecule has 1 heterocycles. The van der Waals surface area contributed by atoms with Crippen LogP contribution in [-0.4, -0.2) is 17.6 Å². The molecule has 1 aliphatic carbocycles. The fraction of sp³-hybridized carbons (Fsp3) is 0.348. The van der Waals surface area contributed by atoms with E-state index >= 15 is 0 Å². The van der Waals surface area contributed by atoms with Crippen LogP contribution in [0.1, 0.15) is 42.4 Å². The first-order valence-corrected chi connectivity index (χ1v) is 9.51. The van der Waals surface area contributed by atoms with Crippen molar-refractivity contribution in [3.05, 3.63) is 71.4 Å². The van der Waals surface area contributed by atoms with Crippen LogP contribution in [0.5, 0.6) is 0 Å². The molecule has 0 saturated heterocycles. The molecule has 0 unspecified atom stereocenters. The minimum Gasteiger partial charge on any atom is -0.361 e. The van der Waals surface area contributed by atoms with Gasteiger partial charge in [-0.15, -0.1) is 0 Å². The number of nitrogens with one attached hydrogen (secondary N) is 2. The highest BCUT2D eigenvalue weighted by Gasteiger charge is 2.13. The monoisotopic (exact) mass is 345 g/mol. The molecule has 3 heteroatoms. The van der Waals surface area contributed by atoms with E-state index in [1.165, 1.54) is 36.8 Å². The van der Waals surface area contributed by atoms with E-state index in [0.717, 1.165) is 29.9 Å². The van der Waals surface area contributed by atoms with E-state index in [1.807, 2.05) is 31.3 Å². The molecule has 0 spiro atoms. The summed E-state index contributed by atoms with van der Waals surface area (Å²) in [4.78, 5) is 3.13. The van der Waals surface area contributed by atoms with Crippen molar-refractivity contribution in [2.45, 2.75) is 45.1 Å². The molecule has 4 rings (SSSR count). The third kappa shape index (κ3) is 4.97. The first kappa shape index (κ1) is 18.2. The molecule has 0 bridgehead atoms. The zero-order chi connectivity index (χ0) is 18.2. The van der Waals surface area contributed by atoms with Gasteiger partial charge in [0.2, 0.25) is 0 Å². The average molecular weight is 345 g/mol. The summed E-state index contributed by atoms with van der Waals surface area (Å²) in [6.07, 6.45) is 8.72. The number of aromatic amines is 1. The summed E-state index contributed by atoms with van der Waals surface area (Å²) < 4.78 is 0. The van der Waals surface area contributed by atoms with Crippen LogP contribution in [0.4, 0.5) is 0 Å². The molecule has 26 heavy (non-hydrogen) atoms. The number of nitriles is 1. The number of rotatable bonds is 4. The second-order valence-electron chi connectivity index (χ2n) is 7.01. The molecule has 1 saturated carbocycles. The summed E-state index contributed by atoms with van der Waals surface area (Å²) in [5.41, 5.74) is 4.43. The van der Waals surface area contributed by atoms with Gasteiger partial charge in [-0.1, -0.05) is 43.2 Å². The van der Waals surface area contributed by atoms with E-state index in [9.17, 15) is 0 Å². The normalized spacial score (nSPS) is 14.0. The van der Waals surface area contributed by atoms with Crippen molar-refractivity contribution in [3.63, 3.8) is 0 Å². The molecule has 0 aliphatic heterocycles. The summed E-state index contributed by atoms with van der Waals surface area (Å²) in [5.74, 6) is 0. The molecule has 2 N–H and O–H groups in total. The standard InChI is InChI=1S/C13H19N.C10H8N2/c1-2-6-12(7-3-1)10-11-14-13-8-4-5-9-13;1-7-6-12-10-3-2-8(5-11)4-9(7)10/h1-3,6-7,13-14H,4-5,8-11H2;2-4,6,12H,1H3. The molecular formula is C23H27N3. The second-order valence-corrected chi connectivity index (χ2v) is 7.01. The van der Waals surface area contributed by atoms with Crippen molar-refractivity contribution in [1.29, 1.82) is 5.26 Å². The highest BCUT2D eigenvalue weighted by atomic mass is 14.9. The third-order valence-corrected chi connectivity index (χ3v) is 5.06. The number of fused-ring (bicyclic) bond motifs is 1. The Morgan fingerprint density at radius 2 is 1.88 bits per heavy atom. The number of nitrogens with zero attached hydrogens (tertiary/aromatic N) is 1. The van der Waals surface area contributed by atoms with Gasteiger partial charge < -0.3 is 10.3 Å². The number of benzene rings is 2. The summed E-state index contributed by atoms with van der Waals surface area (Å²) in [5, 5.41) is 13.4. The van der Waals surface area contributed by atoms with Crippen molar-refractivity contribution >= 4 is 10.9 Å². The van der Waals surface area contributed by atoms with Crippen molar-refractivity contribution in [1.82, 2.24) is 10.3 Å². The fourth-order valence-electron chi connectivity index (χ4n) is 3.52. The lowest BCUT2D eigenvalue weighted by molar-refractivity contribution is 0.528. The predicted octanol–water partition coefficient (Wildman–Crippen LogP) is 5.11. The lowest BCUT2D eigenvalue weighted by Crippen LogP contribution is -2.27. The summed E-state index contributed by atoms with van der Waals surface area (Å²) in [7, 11) is 0. The van der Waals surface area contributed by atoms with Gasteiger partial charge in [0.1, 0.15) is 0 Å². The van der Waals surface area contributed by atoms with Crippen molar-refractivity contribution < 1.29 is 0 Å². The van der Waals surface area contributed by atoms with Gasteiger partial charge in [0.15, 0.2) is 0 Å². The molecule has 3 nitrogen and oxygen atoms in total. The number of aromatic nitrogens is 1. The van der Waals surface area contributed by atoms with Gasteiger partial charge in [0, 0.05) is 23.1 Å². The molecule has 1 fully saturated rings. The van der Waals surface area contributed by atoms with Crippen LogP contribution in [0.25, 0.3) is 10.9 Å². The number of hydrogen-bond acceptors (Lipinski definition) is 2. The van der Waals surface area contributed by atoms with E-state index < -0.39 is 0 Å². The van der Waals surface area contributed by atoms with Gasteiger partial charge in [-0.25, -0.2) is 0 Å². The van der Waals surface area contributed by atoms with E-state index in [1.54, 1.807) is 0 Å². The zero-order valence-corrected chi connectivity index (χ0v) is 15.5. The van der Waals surface area contributed by atoms with Crippen LogP contribution in [0, 0.1) is 18.3 Å². The average Bonchev–Trinajstić information content (AvgIpc) is 3.33. The Kier molecular flexibility index (Phi) is 6.46. The molecular weight excluding hydrogens is 318 g/mol. The first-order valence-electron chi connectivity index (χ1n) is 9.51. The number of H-pyrrole nitrogens is 1. The molecule has 0 radical (unpaired) electrons. The third-order valence-electron chi connectivity index (χ3n) is 5.06. The predicted molar refractivity (Wildman–Crippen MR) is 108 cm³/mol. The van der Waals surface area contributed by atoms with Crippen LogP contribution in [0.2, 0.25) is 0 Å². The maximum atomic E-state index is 8.67. The first-order chi connectivity index (χ1) is 12.8. The van der Waals surface area contributed by atoms with Gasteiger partial charge in [-0.05, 0) is 62.1 Å². The minimum atomic E-state index is 0.713. The molecule has 3 aromatic rings. The van der Waals surface area contributed by atoms with E-state index in [-0.39, 0.29) is 0 Å². The van der Waals surface area contributed by atoms with E-state index in [2.05, 4.69) is 46.7 Å². The van der Waals surface area contributed by atoms with Gasteiger partial charge in [0.05, 0.1) is 11.6 Å². The topological polar surface area (TPSA) is 51.6 Å². The highest BCUT2D eigenvalue weighted by molar-refractivity contribution is 5.84. The Morgan fingerprint density at radius 3 is 2.62 bits per heavy atom. The van der Waals surface area contributed by atoms with Gasteiger partial charge in [0.25, 0.3) is 0 Å². The maximum absolute atomic E-state index is 8.67. The minimum absolute atomic E-state index is 0.713. The van der Waals surface area contributed by atoms with Crippen LogP contribution in [0.15, 0.2) is 54.7 Å². The molecule has 134 valence electrons. The van der Waals surface area contributed by atoms with Crippen LogP contribution >= 0.6 is 0 Å². The fourth-order valence-corrected chi connectivity index (χ4v) is 3.52. The van der Waals surface area contributed by atoms with Crippen molar-refractivity contribution in [3.8, 4) is 6.07 Å². The largest absolute Gasteiger partial charge is 0.361 e. The van der Waals surface area contributed by atoms with Crippen LogP contribution < -0.4 is 5.32 Å². The lowest BCUT2D eigenvalue weighted by Gasteiger charge is -2.11. The highest BCUT2D eigenvalue weighted by Crippen LogP contribution is 2.18. The quantitative estimate of drug-likeness (QED) is 0.690. The summed E-state index contributed by atoms with van der Waals surface area (Å²) in [6.45, 7) is 3.16. The molecule has 2 aromatic carbocycles. The number of aryl methyl sites for hydroxylation is 1. The van der Waals surface area contributed by atoms with E-state index in [4.69, 9.17) is 5.26 Å². The van der Waals surface area contributed by atoms with Crippen molar-refractivity contribution in [2.24, 2.45) is 0 Å². The number of hydrogen-bond donors (Lipinski definition) is 2. The Hall–Kier alpha value is -2.57. The van der Waals surface area contributed by atoms with E-state index in [0.29, 0.717) is 5.56 Å². The summed E-state index contributed by atoms with van der Waals surface area (Å²) >= 11 is 0. The molecule has 0 amide bonds. The molecule has 1 aromatic heterocycles. The second kappa shape index (κ2) is 9.22. The maximum Gasteiger partial charge on any atom is 0.0991 e. The van der Waals surface area contributed by atoms with Gasteiger partial charge >= 0.3 is 0 Å². The Balaban J connectivity index is 0.000000152. The van der Waals surface area contributed by atoms with Gasteiger partial charge in [-0.3, -0.25) is 0 Å². The SMILES string of the molecule is Cc1c[nH]c2ccc(C#N)cc12.c1ccc(CCNC2CCCC2)cc1. The Bertz CT molecular complexity index is 852. The van der Waals surface area contributed by atoms with Crippen LogP contribution in [0.3, 0.4) is 0 Å². The summed E-state index contributed by atoms with van der Waals surface area (Å²) in [6, 6.07) is 19.3. The molecule has 0 atom stereocenters. The molecule has 1 aliphatic rings.